The molecule has 0 aromatic carbocycles. The lowest BCUT2D eigenvalue weighted by Gasteiger charge is -2.01. The molecule has 0 aromatic rings. The first-order chi connectivity index (χ1) is 3.72. The molecule has 0 fully saturated rings. The molecule has 1 nitrogen and oxygen atoms in total. The zero-order valence-electron chi connectivity index (χ0n) is 4.10. The highest BCUT2D eigenvalue weighted by molar-refractivity contribution is 9.09. The molecule has 0 saturated carbocycles. The second kappa shape index (κ2) is 4.82. The van der Waals surface area contributed by atoms with Crippen molar-refractivity contribution in [2.75, 3.05) is 10.7 Å². The molecule has 0 atom stereocenters. The highest BCUT2D eigenvalue weighted by Gasteiger charge is 2.09. The van der Waals surface area contributed by atoms with Crippen LogP contribution in [0.3, 0.4) is 0 Å². The van der Waals surface area contributed by atoms with E-state index in [4.69, 9.17) is 0 Å². The van der Waals surface area contributed by atoms with Gasteiger partial charge in [0.2, 0.25) is 0 Å². The van der Waals surface area contributed by atoms with Crippen molar-refractivity contribution in [3.8, 4) is 0 Å². The van der Waals surface area contributed by atoms with Gasteiger partial charge in [0.05, 0.1) is 0 Å². The highest BCUT2D eigenvalue weighted by Crippen LogP contribution is 2.08. The summed E-state index contributed by atoms with van der Waals surface area (Å²) in [5.41, 5.74) is 0. The van der Waals surface area contributed by atoms with Crippen LogP contribution in [0.5, 0.6) is 0 Å². The van der Waals surface area contributed by atoms with Crippen molar-refractivity contribution in [3.05, 3.63) is 0 Å². The number of alkyl halides is 2. The molecule has 0 aromatic heterocycles. The fourth-order valence-corrected chi connectivity index (χ4v) is 2.52. The molecule has 0 amide bonds. The Morgan fingerprint density at radius 2 is 1.88 bits per heavy atom. The van der Waals surface area contributed by atoms with E-state index in [0.29, 0.717) is 10.7 Å². The van der Waals surface area contributed by atoms with Crippen LogP contribution < -0.4 is 0 Å². The van der Waals surface area contributed by atoms with Crippen molar-refractivity contribution in [3.63, 3.8) is 0 Å². The summed E-state index contributed by atoms with van der Waals surface area (Å²) in [7, 11) is 0. The van der Waals surface area contributed by atoms with Crippen LogP contribution in [0.1, 0.15) is 0 Å². The Morgan fingerprint density at radius 3 is 1.88 bits per heavy atom. The van der Waals surface area contributed by atoms with E-state index >= 15 is 0 Å². The van der Waals surface area contributed by atoms with Gasteiger partial charge in [0.1, 0.15) is 0 Å². The monoisotopic (exact) mass is 260 g/mol. The van der Waals surface area contributed by atoms with Gasteiger partial charge in [-0.05, 0) is 0 Å². The van der Waals surface area contributed by atoms with Gasteiger partial charge in [-0.25, -0.2) is 0 Å². The Labute approximate surface area is 70.9 Å². The Hall–Kier alpha value is 0.980. The summed E-state index contributed by atoms with van der Waals surface area (Å²) < 4.78 is 0. The van der Waals surface area contributed by atoms with E-state index < -0.39 is 0 Å². The number of hydrogen-bond donors (Lipinski definition) is 1. The van der Waals surface area contributed by atoms with Gasteiger partial charge in [-0.2, -0.15) is 0 Å². The van der Waals surface area contributed by atoms with Gasteiger partial charge in [0.15, 0.2) is 5.12 Å². The molecule has 0 aliphatic carbocycles. The molecule has 0 aliphatic rings. The quantitative estimate of drug-likeness (QED) is 0.606. The third-order valence-corrected chi connectivity index (χ3v) is 2.65. The zero-order chi connectivity index (χ0) is 6.57. The average Bonchev–Trinajstić information content (AvgIpc) is 1.69. The summed E-state index contributed by atoms with van der Waals surface area (Å²) in [4.78, 5) is 10.4. The maximum atomic E-state index is 10.4. The van der Waals surface area contributed by atoms with Crippen molar-refractivity contribution >= 4 is 49.6 Å². The summed E-state index contributed by atoms with van der Waals surface area (Å²) in [6.45, 7) is 0. The van der Waals surface area contributed by atoms with Crippen molar-refractivity contribution in [1.82, 2.24) is 0 Å². The van der Waals surface area contributed by atoms with Crippen molar-refractivity contribution in [2.24, 2.45) is 5.92 Å². The first-order valence-electron chi connectivity index (χ1n) is 2.07. The predicted molar refractivity (Wildman–Crippen MR) is 45.1 cm³/mol. The number of halogens is 2. The molecule has 0 rings (SSSR count). The molecule has 0 radical (unpaired) electrons. The lowest BCUT2D eigenvalue weighted by molar-refractivity contribution is -0.112. The van der Waals surface area contributed by atoms with Crippen LogP contribution in [0.2, 0.25) is 0 Å². The van der Waals surface area contributed by atoms with E-state index in [0.717, 1.165) is 0 Å². The van der Waals surface area contributed by atoms with Crippen LogP contribution in [-0.2, 0) is 4.79 Å². The van der Waals surface area contributed by atoms with Crippen LogP contribution in [-0.4, -0.2) is 15.8 Å². The standard InChI is InChI=1S/C4H6Br2OS/c5-1-3(2-6)4(7)8/h3H,1-2H2,(H,7,8). The molecule has 4 heteroatoms. The van der Waals surface area contributed by atoms with Crippen LogP contribution in [0.15, 0.2) is 0 Å². The van der Waals surface area contributed by atoms with Gasteiger partial charge >= 0.3 is 0 Å². The molecule has 0 unspecified atom stereocenters. The van der Waals surface area contributed by atoms with Crippen LogP contribution >= 0.6 is 44.5 Å². The average molecular weight is 262 g/mol. The highest BCUT2D eigenvalue weighted by atomic mass is 79.9. The maximum absolute atomic E-state index is 10.4. The van der Waals surface area contributed by atoms with E-state index in [2.05, 4.69) is 44.5 Å². The number of carbonyl (C=O) groups excluding carboxylic acids is 1. The second-order valence-corrected chi connectivity index (χ2v) is 3.08. The summed E-state index contributed by atoms with van der Waals surface area (Å²) in [5.74, 6) is 0.0123. The molecule has 0 spiro atoms. The third kappa shape index (κ3) is 3.10. The Balaban J connectivity index is 3.52. The van der Waals surface area contributed by atoms with Crippen molar-refractivity contribution < 1.29 is 4.79 Å². The van der Waals surface area contributed by atoms with Gasteiger partial charge in [0.25, 0.3) is 0 Å². The minimum atomic E-state index is -0.0706. The van der Waals surface area contributed by atoms with Gasteiger partial charge in [-0.15, -0.1) is 12.6 Å². The largest absolute Gasteiger partial charge is 0.287 e. The second-order valence-electron chi connectivity index (χ2n) is 1.34. The van der Waals surface area contributed by atoms with E-state index in [1.54, 1.807) is 0 Å². The van der Waals surface area contributed by atoms with Crippen LogP contribution in [0.4, 0.5) is 0 Å². The van der Waals surface area contributed by atoms with E-state index in [1.165, 1.54) is 0 Å². The normalized spacial score (nSPS) is 10.0. The molecule has 0 aliphatic heterocycles. The van der Waals surface area contributed by atoms with Crippen molar-refractivity contribution in [2.45, 2.75) is 0 Å². The lowest BCUT2D eigenvalue weighted by Crippen LogP contribution is -2.11. The molecular formula is C4H6Br2OS. The lowest BCUT2D eigenvalue weighted by atomic mass is 10.3. The van der Waals surface area contributed by atoms with Gasteiger partial charge in [-0.1, -0.05) is 31.9 Å². The van der Waals surface area contributed by atoms with E-state index in [1.807, 2.05) is 0 Å². The SMILES string of the molecule is O=C(S)C(CBr)CBr. The third-order valence-electron chi connectivity index (χ3n) is 0.722. The first-order valence-corrected chi connectivity index (χ1v) is 4.76. The fraction of sp³-hybridized carbons (Fsp3) is 0.750. The Morgan fingerprint density at radius 1 is 1.50 bits per heavy atom. The first kappa shape index (κ1) is 8.98. The smallest absolute Gasteiger partial charge is 0.190 e. The summed E-state index contributed by atoms with van der Waals surface area (Å²) in [6.07, 6.45) is 0. The van der Waals surface area contributed by atoms with E-state index in [-0.39, 0.29) is 11.0 Å². The summed E-state index contributed by atoms with van der Waals surface area (Å²) in [5, 5.41) is 1.29. The molecule has 0 N–H and O–H groups in total. The number of hydrogen-bond acceptors (Lipinski definition) is 1. The predicted octanol–water partition coefficient (Wildman–Crippen LogP) is 1.85. The molecule has 0 bridgehead atoms. The number of carbonyl (C=O) groups is 1. The minimum absolute atomic E-state index is 0.0123. The van der Waals surface area contributed by atoms with Crippen LogP contribution in [0.25, 0.3) is 0 Å². The summed E-state index contributed by atoms with van der Waals surface area (Å²) in [6, 6.07) is 0. The summed E-state index contributed by atoms with van der Waals surface area (Å²) >= 11 is 10.0. The van der Waals surface area contributed by atoms with Crippen molar-refractivity contribution in [1.29, 1.82) is 0 Å². The minimum Gasteiger partial charge on any atom is -0.287 e. The Kier molecular flexibility index (Phi) is 5.41. The molecule has 0 saturated heterocycles. The number of thiol groups is 1. The molecule has 48 valence electrons. The number of rotatable bonds is 3. The molecule has 0 heterocycles. The zero-order valence-corrected chi connectivity index (χ0v) is 8.17. The molecule has 8 heavy (non-hydrogen) atoms. The molecular weight excluding hydrogens is 256 g/mol. The fourth-order valence-electron chi connectivity index (χ4n) is 0.173. The van der Waals surface area contributed by atoms with Gasteiger partial charge < -0.3 is 0 Å². The topological polar surface area (TPSA) is 17.1 Å². The van der Waals surface area contributed by atoms with E-state index in [9.17, 15) is 4.79 Å². The van der Waals surface area contributed by atoms with Crippen LogP contribution in [0, 0.1) is 5.92 Å². The Bertz CT molecular complexity index is 82.1. The maximum Gasteiger partial charge on any atom is 0.190 e. The van der Waals surface area contributed by atoms with Gasteiger partial charge in [-0.3, -0.25) is 4.79 Å². The van der Waals surface area contributed by atoms with Gasteiger partial charge in [0, 0.05) is 16.6 Å².